The number of carbonyl (C=O) groups is 1. The lowest BCUT2D eigenvalue weighted by atomic mass is 9.93. The van der Waals surface area contributed by atoms with Gasteiger partial charge in [0.25, 0.3) is 0 Å². The van der Waals surface area contributed by atoms with Crippen LogP contribution in [0.25, 0.3) is 0 Å². The Labute approximate surface area is 81.5 Å². The Morgan fingerprint density at radius 3 is 3.07 bits per heavy atom. The topological polar surface area (TPSA) is 85.8 Å². The first-order valence-electron chi connectivity index (χ1n) is 4.54. The monoisotopic (exact) mass is 195 g/mol. The van der Waals surface area contributed by atoms with E-state index >= 15 is 0 Å². The zero-order valence-electron chi connectivity index (χ0n) is 7.97. The van der Waals surface area contributed by atoms with Gasteiger partial charge in [-0.15, -0.1) is 5.10 Å². The predicted octanol–water partition coefficient (Wildman–Crippen LogP) is -1.40. The van der Waals surface area contributed by atoms with Crippen LogP contribution in [0.2, 0.25) is 0 Å². The van der Waals surface area contributed by atoms with E-state index in [-0.39, 0.29) is 17.7 Å². The van der Waals surface area contributed by atoms with Crippen LogP contribution in [0.5, 0.6) is 0 Å². The van der Waals surface area contributed by atoms with Crippen molar-refractivity contribution in [3.63, 3.8) is 0 Å². The van der Waals surface area contributed by atoms with Crippen molar-refractivity contribution >= 4 is 5.91 Å². The lowest BCUT2D eigenvalue weighted by Gasteiger charge is -2.11. The molecule has 3 N–H and O–H groups in total. The van der Waals surface area contributed by atoms with Crippen molar-refractivity contribution in [1.29, 1.82) is 0 Å². The Kier molecular flexibility index (Phi) is 2.20. The summed E-state index contributed by atoms with van der Waals surface area (Å²) in [6.07, 6.45) is 1.83. The number of nitrogens with one attached hydrogen (secondary N) is 1. The minimum Gasteiger partial charge on any atom is -0.369 e. The van der Waals surface area contributed by atoms with E-state index in [2.05, 4.69) is 15.6 Å². The van der Waals surface area contributed by atoms with Crippen molar-refractivity contribution in [2.24, 2.45) is 18.7 Å². The molecule has 6 heteroatoms. The van der Waals surface area contributed by atoms with Crippen LogP contribution in [0.4, 0.5) is 0 Å². The fourth-order valence-electron chi connectivity index (χ4n) is 1.82. The molecule has 1 amide bonds. The van der Waals surface area contributed by atoms with Crippen molar-refractivity contribution in [2.75, 3.05) is 13.1 Å². The Morgan fingerprint density at radius 2 is 2.50 bits per heavy atom. The molecule has 2 rings (SSSR count). The summed E-state index contributed by atoms with van der Waals surface area (Å²) < 4.78 is 1.63. The molecule has 14 heavy (non-hydrogen) atoms. The zero-order valence-corrected chi connectivity index (χ0v) is 7.97. The van der Waals surface area contributed by atoms with E-state index in [0.717, 1.165) is 12.2 Å². The number of carbonyl (C=O) groups excluding carboxylic acids is 1. The second-order valence-electron chi connectivity index (χ2n) is 3.59. The van der Waals surface area contributed by atoms with E-state index in [1.807, 2.05) is 6.20 Å². The highest BCUT2D eigenvalue weighted by Crippen LogP contribution is 2.25. The Bertz CT molecular complexity index is 347. The second kappa shape index (κ2) is 3.38. The minimum atomic E-state index is -0.273. The van der Waals surface area contributed by atoms with E-state index in [4.69, 9.17) is 5.73 Å². The molecule has 0 bridgehead atoms. The molecule has 1 aromatic rings. The number of rotatable bonds is 2. The van der Waals surface area contributed by atoms with Crippen LogP contribution in [-0.2, 0) is 11.8 Å². The van der Waals surface area contributed by atoms with E-state index < -0.39 is 0 Å². The van der Waals surface area contributed by atoms with E-state index in [9.17, 15) is 4.79 Å². The van der Waals surface area contributed by atoms with Gasteiger partial charge in [-0.1, -0.05) is 5.21 Å². The normalized spacial score (nSPS) is 26.6. The summed E-state index contributed by atoms with van der Waals surface area (Å²) in [5, 5.41) is 11.0. The van der Waals surface area contributed by atoms with Gasteiger partial charge in [0.2, 0.25) is 5.91 Å². The number of nitrogens with zero attached hydrogens (tertiary/aromatic N) is 3. The molecule has 1 fully saturated rings. The van der Waals surface area contributed by atoms with Crippen LogP contribution in [0.1, 0.15) is 11.6 Å². The van der Waals surface area contributed by atoms with Crippen LogP contribution < -0.4 is 11.1 Å². The number of nitrogens with two attached hydrogens (primary N) is 1. The highest BCUT2D eigenvalue weighted by molar-refractivity contribution is 5.78. The number of aryl methyl sites for hydroxylation is 1. The third kappa shape index (κ3) is 1.48. The number of hydrogen-bond acceptors (Lipinski definition) is 4. The summed E-state index contributed by atoms with van der Waals surface area (Å²) in [4.78, 5) is 11.1. The largest absolute Gasteiger partial charge is 0.369 e. The first-order chi connectivity index (χ1) is 6.68. The average molecular weight is 195 g/mol. The highest BCUT2D eigenvalue weighted by Gasteiger charge is 2.34. The van der Waals surface area contributed by atoms with Crippen molar-refractivity contribution in [2.45, 2.75) is 5.92 Å². The van der Waals surface area contributed by atoms with E-state index in [1.54, 1.807) is 11.7 Å². The average Bonchev–Trinajstić information content (AvgIpc) is 2.70. The van der Waals surface area contributed by atoms with Gasteiger partial charge in [-0.2, -0.15) is 0 Å². The lowest BCUT2D eigenvalue weighted by molar-refractivity contribution is -0.121. The molecule has 0 spiro atoms. The zero-order chi connectivity index (χ0) is 10.1. The van der Waals surface area contributed by atoms with Crippen molar-refractivity contribution < 1.29 is 4.79 Å². The number of hydrogen-bond donors (Lipinski definition) is 2. The summed E-state index contributed by atoms with van der Waals surface area (Å²) in [5.41, 5.74) is 6.13. The second-order valence-corrected chi connectivity index (χ2v) is 3.59. The molecule has 2 heterocycles. The maximum absolute atomic E-state index is 11.1. The molecule has 2 unspecified atom stereocenters. The van der Waals surface area contributed by atoms with Gasteiger partial charge in [0, 0.05) is 32.3 Å². The van der Waals surface area contributed by atoms with E-state index in [0.29, 0.717) is 6.54 Å². The first kappa shape index (κ1) is 9.14. The van der Waals surface area contributed by atoms with Crippen LogP contribution >= 0.6 is 0 Å². The molecule has 0 saturated carbocycles. The highest BCUT2D eigenvalue weighted by atomic mass is 16.1. The molecule has 1 saturated heterocycles. The predicted molar refractivity (Wildman–Crippen MR) is 49.3 cm³/mol. The molecule has 0 radical (unpaired) electrons. The summed E-state index contributed by atoms with van der Waals surface area (Å²) in [6.45, 7) is 1.38. The van der Waals surface area contributed by atoms with Crippen LogP contribution in [-0.4, -0.2) is 34.0 Å². The maximum atomic E-state index is 11.1. The number of aromatic nitrogens is 3. The molecule has 0 aromatic carbocycles. The van der Waals surface area contributed by atoms with Gasteiger partial charge in [0.15, 0.2) is 0 Å². The van der Waals surface area contributed by atoms with Crippen molar-refractivity contribution in [1.82, 2.24) is 20.3 Å². The fraction of sp³-hybridized carbons (Fsp3) is 0.625. The molecule has 1 aliphatic heterocycles. The minimum absolute atomic E-state index is 0.0706. The number of amides is 1. The summed E-state index contributed by atoms with van der Waals surface area (Å²) in [5.74, 6) is -0.362. The standard InChI is InChI=1S/C8H13N5O/c1-13-4-7(11-12-13)5-2-10-3-6(5)8(9)14/h4-6,10H,2-3H2,1H3,(H2,9,14). The fourth-order valence-corrected chi connectivity index (χ4v) is 1.82. The molecule has 76 valence electrons. The molecule has 1 aliphatic rings. The third-order valence-electron chi connectivity index (χ3n) is 2.58. The first-order valence-corrected chi connectivity index (χ1v) is 4.54. The van der Waals surface area contributed by atoms with Gasteiger partial charge < -0.3 is 11.1 Å². The molecular weight excluding hydrogens is 182 g/mol. The smallest absolute Gasteiger partial charge is 0.222 e. The lowest BCUT2D eigenvalue weighted by Crippen LogP contribution is -2.28. The van der Waals surface area contributed by atoms with Gasteiger partial charge in [0.05, 0.1) is 11.6 Å². The number of primary amides is 1. The summed E-state index contributed by atoms with van der Waals surface area (Å²) in [6, 6.07) is 0. The van der Waals surface area contributed by atoms with Crippen molar-refractivity contribution in [3.8, 4) is 0 Å². The quantitative estimate of drug-likeness (QED) is 0.608. The van der Waals surface area contributed by atoms with Crippen LogP contribution in [0, 0.1) is 5.92 Å². The Balaban J connectivity index is 2.21. The van der Waals surface area contributed by atoms with Crippen molar-refractivity contribution in [3.05, 3.63) is 11.9 Å². The van der Waals surface area contributed by atoms with Crippen LogP contribution in [0.3, 0.4) is 0 Å². The molecular formula is C8H13N5O. The Morgan fingerprint density at radius 1 is 1.71 bits per heavy atom. The van der Waals surface area contributed by atoms with Gasteiger partial charge >= 0.3 is 0 Å². The van der Waals surface area contributed by atoms with Gasteiger partial charge in [0.1, 0.15) is 0 Å². The molecule has 6 nitrogen and oxygen atoms in total. The summed E-state index contributed by atoms with van der Waals surface area (Å²) >= 11 is 0. The summed E-state index contributed by atoms with van der Waals surface area (Å²) in [7, 11) is 1.80. The van der Waals surface area contributed by atoms with E-state index in [1.165, 1.54) is 0 Å². The van der Waals surface area contributed by atoms with Crippen LogP contribution in [0.15, 0.2) is 6.20 Å². The maximum Gasteiger partial charge on any atom is 0.222 e. The SMILES string of the molecule is Cn1cc(C2CNCC2C(N)=O)nn1. The molecule has 2 atom stereocenters. The third-order valence-corrected chi connectivity index (χ3v) is 2.58. The van der Waals surface area contributed by atoms with Gasteiger partial charge in [-0.25, -0.2) is 0 Å². The molecule has 1 aromatic heterocycles. The Hall–Kier alpha value is -1.43. The van der Waals surface area contributed by atoms with Gasteiger partial charge in [-0.3, -0.25) is 9.48 Å². The van der Waals surface area contributed by atoms with Gasteiger partial charge in [-0.05, 0) is 0 Å². The molecule has 0 aliphatic carbocycles.